The van der Waals surface area contributed by atoms with E-state index in [0.29, 0.717) is 23.1 Å². The molecule has 33 heavy (non-hydrogen) atoms. The number of hydrogen-bond donors (Lipinski definition) is 1. The zero-order chi connectivity index (χ0) is 23.6. The maximum absolute atomic E-state index is 12.7. The minimum Gasteiger partial charge on any atom is -0.451 e. The average molecular weight is 449 g/mol. The molecule has 6 heteroatoms. The van der Waals surface area contributed by atoms with Gasteiger partial charge in [0.1, 0.15) is 6.10 Å². The van der Waals surface area contributed by atoms with Gasteiger partial charge in [0.05, 0.1) is 11.1 Å². The highest BCUT2D eigenvalue weighted by Gasteiger charge is 2.41. The fourth-order valence-electron chi connectivity index (χ4n) is 3.52. The smallest absolute Gasteiger partial charge is 0.338 e. The fraction of sp³-hybridized carbons (Fsp3) is 0.296. The van der Waals surface area contributed by atoms with Crippen LogP contribution < -0.4 is 0 Å². The van der Waals surface area contributed by atoms with E-state index in [1.807, 2.05) is 0 Å². The number of ketones is 1. The number of carbonyl (C=O) groups excluding carboxylic acids is 3. The van der Waals surface area contributed by atoms with Crippen molar-refractivity contribution in [2.75, 3.05) is 0 Å². The molecule has 2 aromatic rings. The Labute approximate surface area is 193 Å². The zero-order valence-corrected chi connectivity index (χ0v) is 18.6. The third-order valence-electron chi connectivity index (χ3n) is 5.31. The summed E-state index contributed by atoms with van der Waals surface area (Å²) in [4.78, 5) is 37.5. The number of benzene rings is 2. The molecular weight excluding hydrogens is 420 g/mol. The Balaban J connectivity index is 1.78. The Morgan fingerprint density at radius 2 is 1.45 bits per heavy atom. The van der Waals surface area contributed by atoms with Crippen LogP contribution in [0.2, 0.25) is 0 Å². The fourth-order valence-corrected chi connectivity index (χ4v) is 3.52. The van der Waals surface area contributed by atoms with E-state index in [1.165, 1.54) is 18.2 Å². The lowest BCUT2D eigenvalue weighted by Crippen LogP contribution is -2.39. The number of ether oxygens (including phenoxy) is 2. The van der Waals surface area contributed by atoms with E-state index in [-0.39, 0.29) is 5.78 Å². The summed E-state index contributed by atoms with van der Waals surface area (Å²) >= 11 is 0. The predicted octanol–water partition coefficient (Wildman–Crippen LogP) is 4.44. The van der Waals surface area contributed by atoms with Gasteiger partial charge in [-0.2, -0.15) is 0 Å². The summed E-state index contributed by atoms with van der Waals surface area (Å²) in [5.41, 5.74) is 1.04. The van der Waals surface area contributed by atoms with Gasteiger partial charge in [0.2, 0.25) is 0 Å². The molecule has 2 aromatic carbocycles. The van der Waals surface area contributed by atoms with Gasteiger partial charge in [-0.25, -0.2) is 9.59 Å². The lowest BCUT2D eigenvalue weighted by atomic mass is 10.1. The molecule has 172 valence electrons. The first-order chi connectivity index (χ1) is 16.0. The third-order valence-corrected chi connectivity index (χ3v) is 5.31. The lowest BCUT2D eigenvalue weighted by molar-refractivity contribution is -0.114. The number of hydrogen-bond acceptors (Lipinski definition) is 6. The van der Waals surface area contributed by atoms with Gasteiger partial charge in [0, 0.05) is 6.42 Å². The third kappa shape index (κ3) is 6.73. The van der Waals surface area contributed by atoms with Crippen LogP contribution in [0.15, 0.2) is 84.5 Å². The van der Waals surface area contributed by atoms with Crippen LogP contribution in [0.5, 0.6) is 0 Å². The monoisotopic (exact) mass is 448 g/mol. The van der Waals surface area contributed by atoms with Crippen LogP contribution in [0, 0.1) is 0 Å². The highest BCUT2D eigenvalue weighted by Crippen LogP contribution is 2.29. The van der Waals surface area contributed by atoms with Crippen molar-refractivity contribution in [2.24, 2.45) is 0 Å². The Morgan fingerprint density at radius 1 is 0.879 bits per heavy atom. The standard InChI is InChI=1S/C27H28O6/c1-2-3-6-15-22(28)17-16-21-18-23(29)25(33-27(31)20-13-9-5-10-14-20)24(21)32-26(30)19-11-7-4-8-12-19/h4-5,7-14,16-18,23-25,29H,2-3,6,15H2,1H3/b17-16+/t23-,24+,25+/m1/s1. The largest absolute Gasteiger partial charge is 0.451 e. The van der Waals surface area contributed by atoms with Gasteiger partial charge in [-0.3, -0.25) is 4.79 Å². The van der Waals surface area contributed by atoms with E-state index in [9.17, 15) is 19.5 Å². The van der Waals surface area contributed by atoms with Crippen molar-refractivity contribution < 1.29 is 29.0 Å². The second-order valence-corrected chi connectivity index (χ2v) is 7.84. The zero-order valence-electron chi connectivity index (χ0n) is 18.6. The summed E-state index contributed by atoms with van der Waals surface area (Å²) < 4.78 is 11.2. The second kappa shape index (κ2) is 11.9. The van der Waals surface area contributed by atoms with E-state index < -0.39 is 30.3 Å². The molecule has 0 unspecified atom stereocenters. The molecule has 0 bridgehead atoms. The van der Waals surface area contributed by atoms with E-state index >= 15 is 0 Å². The molecule has 0 saturated carbocycles. The normalized spacial score (nSPS) is 19.8. The summed E-state index contributed by atoms with van der Waals surface area (Å²) in [6, 6.07) is 16.8. The minimum atomic E-state index is -1.19. The van der Waals surface area contributed by atoms with E-state index in [0.717, 1.165) is 19.3 Å². The Hall–Kier alpha value is -3.51. The van der Waals surface area contributed by atoms with Crippen molar-refractivity contribution >= 4 is 17.7 Å². The molecule has 0 radical (unpaired) electrons. The second-order valence-electron chi connectivity index (χ2n) is 7.84. The van der Waals surface area contributed by atoms with Crippen molar-refractivity contribution in [3.05, 3.63) is 95.6 Å². The van der Waals surface area contributed by atoms with Crippen molar-refractivity contribution in [2.45, 2.75) is 50.9 Å². The quantitative estimate of drug-likeness (QED) is 0.328. The number of aliphatic hydroxyl groups is 1. The number of allylic oxidation sites excluding steroid dienone is 1. The van der Waals surface area contributed by atoms with Gasteiger partial charge >= 0.3 is 11.9 Å². The first-order valence-electron chi connectivity index (χ1n) is 11.1. The van der Waals surface area contributed by atoms with Crippen molar-refractivity contribution in [3.63, 3.8) is 0 Å². The van der Waals surface area contributed by atoms with Gasteiger partial charge in [-0.05, 0) is 48.4 Å². The van der Waals surface area contributed by atoms with Crippen LogP contribution in [0.3, 0.4) is 0 Å². The topological polar surface area (TPSA) is 89.9 Å². The molecule has 1 aliphatic carbocycles. The molecule has 3 atom stereocenters. The molecule has 6 nitrogen and oxygen atoms in total. The molecule has 0 fully saturated rings. The Morgan fingerprint density at radius 3 is 2.03 bits per heavy atom. The lowest BCUT2D eigenvalue weighted by Gasteiger charge is -2.24. The summed E-state index contributed by atoms with van der Waals surface area (Å²) in [7, 11) is 0. The number of esters is 2. The molecule has 0 aromatic heterocycles. The van der Waals surface area contributed by atoms with Gasteiger partial charge in [0.15, 0.2) is 18.0 Å². The number of unbranched alkanes of at least 4 members (excludes halogenated alkanes) is 2. The van der Waals surface area contributed by atoms with Crippen LogP contribution in [-0.4, -0.2) is 41.1 Å². The summed E-state index contributed by atoms with van der Waals surface area (Å²) in [6.45, 7) is 2.06. The molecule has 3 rings (SSSR count). The number of rotatable bonds is 10. The van der Waals surface area contributed by atoms with Crippen molar-refractivity contribution in [3.8, 4) is 0 Å². The Kier molecular flexibility index (Phi) is 8.72. The number of carbonyl (C=O) groups is 3. The molecule has 0 heterocycles. The van der Waals surface area contributed by atoms with Crippen molar-refractivity contribution in [1.82, 2.24) is 0 Å². The average Bonchev–Trinajstić information content (AvgIpc) is 3.12. The van der Waals surface area contributed by atoms with E-state index in [4.69, 9.17) is 9.47 Å². The highest BCUT2D eigenvalue weighted by atomic mass is 16.6. The molecule has 0 amide bonds. The van der Waals surface area contributed by atoms with Crippen LogP contribution in [0.25, 0.3) is 0 Å². The van der Waals surface area contributed by atoms with Crippen LogP contribution >= 0.6 is 0 Å². The molecule has 0 spiro atoms. The number of aliphatic hydroxyl groups excluding tert-OH is 1. The first-order valence-corrected chi connectivity index (χ1v) is 11.1. The first kappa shape index (κ1) is 24.1. The molecule has 0 aliphatic heterocycles. The molecule has 1 N–H and O–H groups in total. The van der Waals surface area contributed by atoms with E-state index in [1.54, 1.807) is 60.7 Å². The molecule has 1 aliphatic rings. The summed E-state index contributed by atoms with van der Waals surface area (Å²) in [5, 5.41) is 10.6. The van der Waals surface area contributed by atoms with Crippen LogP contribution in [0.4, 0.5) is 0 Å². The molecular formula is C27H28O6. The highest BCUT2D eigenvalue weighted by molar-refractivity contribution is 5.91. The van der Waals surface area contributed by atoms with Gasteiger partial charge < -0.3 is 14.6 Å². The van der Waals surface area contributed by atoms with Gasteiger partial charge in [-0.15, -0.1) is 0 Å². The Bertz CT molecular complexity index is 1010. The van der Waals surface area contributed by atoms with E-state index in [2.05, 4.69) is 6.92 Å². The van der Waals surface area contributed by atoms with Crippen LogP contribution in [-0.2, 0) is 14.3 Å². The predicted molar refractivity (Wildman–Crippen MR) is 124 cm³/mol. The van der Waals surface area contributed by atoms with Gasteiger partial charge in [0.25, 0.3) is 0 Å². The van der Waals surface area contributed by atoms with Crippen molar-refractivity contribution in [1.29, 1.82) is 0 Å². The maximum Gasteiger partial charge on any atom is 0.338 e. The summed E-state index contributed by atoms with van der Waals surface area (Å²) in [6.07, 6.45) is 4.20. The molecule has 0 saturated heterocycles. The minimum absolute atomic E-state index is 0.0586. The SMILES string of the molecule is CCCCCC(=O)/C=C/C1=C[C@@H](O)[C@H](OC(=O)c2ccccc2)[C@H]1OC(=O)c1ccccc1. The maximum atomic E-state index is 12.7. The summed E-state index contributed by atoms with van der Waals surface area (Å²) in [5.74, 6) is -1.32. The van der Waals surface area contributed by atoms with Gasteiger partial charge in [-0.1, -0.05) is 62.2 Å². The van der Waals surface area contributed by atoms with Crippen LogP contribution in [0.1, 0.15) is 53.3 Å².